The second-order valence-electron chi connectivity index (χ2n) is 4.15. The summed E-state index contributed by atoms with van der Waals surface area (Å²) in [6, 6.07) is -1.02. The Labute approximate surface area is 116 Å². The quantitative estimate of drug-likeness (QED) is 0.424. The van der Waals surface area contributed by atoms with Gasteiger partial charge < -0.3 is 10.1 Å². The van der Waals surface area contributed by atoms with E-state index < -0.39 is 23.8 Å². The van der Waals surface area contributed by atoms with Gasteiger partial charge in [0.2, 0.25) is 5.91 Å². The number of amides is 3. The maximum Gasteiger partial charge on any atom is 0.262 e. The van der Waals surface area contributed by atoms with Crippen molar-refractivity contribution in [2.24, 2.45) is 0 Å². The van der Waals surface area contributed by atoms with Crippen molar-refractivity contribution in [3.8, 4) is 0 Å². The molecule has 6 heteroatoms. The van der Waals surface area contributed by atoms with Crippen LogP contribution in [0.2, 0.25) is 0 Å². The average molecular weight is 276 g/mol. The largest absolute Gasteiger partial charge is 0.357 e. The number of hydrogen-bond donors (Lipinski definition) is 1. The van der Waals surface area contributed by atoms with Crippen molar-refractivity contribution >= 4 is 24.0 Å². The number of nitrogens with zero attached hydrogens (tertiary/aromatic N) is 1. The van der Waals surface area contributed by atoms with Gasteiger partial charge in [-0.3, -0.25) is 19.3 Å². The summed E-state index contributed by atoms with van der Waals surface area (Å²) in [5.41, 5.74) is 0.139. The first-order valence-electron chi connectivity index (χ1n) is 6.04. The van der Waals surface area contributed by atoms with E-state index in [1.807, 2.05) is 0 Å². The summed E-state index contributed by atoms with van der Waals surface area (Å²) in [5.74, 6) is -1.72. The molecule has 0 spiro atoms. The van der Waals surface area contributed by atoms with E-state index in [0.717, 1.165) is 4.90 Å². The van der Waals surface area contributed by atoms with Gasteiger partial charge in [-0.25, -0.2) is 0 Å². The second-order valence-corrected chi connectivity index (χ2v) is 4.15. The smallest absolute Gasteiger partial charge is 0.262 e. The van der Waals surface area contributed by atoms with Gasteiger partial charge in [0.25, 0.3) is 11.8 Å². The highest BCUT2D eigenvalue weighted by Crippen LogP contribution is 2.27. The molecule has 0 aliphatic carbocycles. The van der Waals surface area contributed by atoms with Crippen molar-refractivity contribution in [2.75, 3.05) is 7.05 Å². The van der Waals surface area contributed by atoms with Gasteiger partial charge in [0.05, 0.1) is 5.57 Å². The van der Waals surface area contributed by atoms with Crippen LogP contribution in [0.25, 0.3) is 0 Å². The Hall–Kier alpha value is -2.50. The van der Waals surface area contributed by atoms with Crippen molar-refractivity contribution in [1.82, 2.24) is 10.2 Å². The van der Waals surface area contributed by atoms with Crippen LogP contribution in [0.3, 0.4) is 0 Å². The van der Waals surface area contributed by atoms with E-state index in [0.29, 0.717) is 6.29 Å². The Bertz CT molecular complexity index is 519. The Kier molecular flexibility index (Phi) is 5.14. The molecule has 6 nitrogen and oxygen atoms in total. The van der Waals surface area contributed by atoms with Gasteiger partial charge >= 0.3 is 0 Å². The zero-order valence-corrected chi connectivity index (χ0v) is 11.2. The molecule has 0 bridgehead atoms. The molecule has 0 aromatic heterocycles. The molecule has 1 fully saturated rings. The molecule has 106 valence electrons. The summed E-state index contributed by atoms with van der Waals surface area (Å²) in [4.78, 5) is 47.4. The van der Waals surface area contributed by atoms with E-state index in [9.17, 15) is 19.2 Å². The average Bonchev–Trinajstić information content (AvgIpc) is 2.64. The Morgan fingerprint density at radius 2 is 2.05 bits per heavy atom. The fraction of sp³-hybridized carbons (Fsp3) is 0.286. The predicted molar refractivity (Wildman–Crippen MR) is 72.4 cm³/mol. The molecule has 0 radical (unpaired) electrons. The lowest BCUT2D eigenvalue weighted by molar-refractivity contribution is -0.145. The van der Waals surface area contributed by atoms with Gasteiger partial charge in [0.15, 0.2) is 0 Å². The number of aldehydes is 1. The molecule has 1 aliphatic heterocycles. The molecule has 1 saturated heterocycles. The minimum absolute atomic E-state index is 0.0231. The van der Waals surface area contributed by atoms with Crippen molar-refractivity contribution in [3.05, 3.63) is 36.5 Å². The van der Waals surface area contributed by atoms with Gasteiger partial charge in [-0.05, 0) is 12.5 Å². The van der Waals surface area contributed by atoms with E-state index in [-0.39, 0.29) is 24.0 Å². The lowest BCUT2D eigenvalue weighted by Gasteiger charge is -2.23. The Balaban J connectivity index is 3.16. The summed E-state index contributed by atoms with van der Waals surface area (Å²) in [5, 5.41) is 2.38. The number of rotatable bonds is 6. The minimum Gasteiger partial charge on any atom is -0.357 e. The van der Waals surface area contributed by atoms with Crippen LogP contribution in [0, 0.1) is 0 Å². The summed E-state index contributed by atoms with van der Waals surface area (Å²) in [6.07, 6.45) is 3.53. The normalized spacial score (nSPS) is 18.4. The zero-order valence-electron chi connectivity index (χ0n) is 11.2. The van der Waals surface area contributed by atoms with Crippen molar-refractivity contribution in [3.63, 3.8) is 0 Å². The first kappa shape index (κ1) is 15.6. The maximum absolute atomic E-state index is 12.2. The van der Waals surface area contributed by atoms with Gasteiger partial charge in [-0.2, -0.15) is 0 Å². The van der Waals surface area contributed by atoms with Crippen LogP contribution in [0.4, 0.5) is 0 Å². The van der Waals surface area contributed by atoms with E-state index in [1.54, 1.807) is 0 Å². The first-order valence-corrected chi connectivity index (χ1v) is 6.04. The topological polar surface area (TPSA) is 83.6 Å². The molecule has 1 atom stereocenters. The molecule has 20 heavy (non-hydrogen) atoms. The predicted octanol–water partition coefficient (Wildman–Crippen LogP) is 0.117. The molecule has 0 aromatic rings. The molecule has 0 saturated carbocycles. The van der Waals surface area contributed by atoms with Crippen molar-refractivity contribution in [2.45, 2.75) is 18.9 Å². The molecule has 0 aromatic carbocycles. The first-order chi connectivity index (χ1) is 9.49. The molecular formula is C14H16N2O4. The third-order valence-electron chi connectivity index (χ3n) is 2.95. The lowest BCUT2D eigenvalue weighted by atomic mass is 10.1. The van der Waals surface area contributed by atoms with Crippen LogP contribution in [0.1, 0.15) is 12.8 Å². The molecule has 1 N–H and O–H groups in total. The molecule has 3 amide bonds. The van der Waals surface area contributed by atoms with Gasteiger partial charge in [-0.15, -0.1) is 0 Å². The fourth-order valence-corrected chi connectivity index (χ4v) is 1.95. The number of carbonyl (C=O) groups is 4. The SMILES string of the molecule is C=CC=C1C(=C)C(=O)N(C(CCC=O)C(=O)NC)C1=O. The van der Waals surface area contributed by atoms with Crippen LogP contribution < -0.4 is 5.32 Å². The number of likely N-dealkylation sites (tertiary alicyclic amines) is 1. The number of carbonyl (C=O) groups excluding carboxylic acids is 4. The highest BCUT2D eigenvalue weighted by molar-refractivity contribution is 6.25. The van der Waals surface area contributed by atoms with E-state index >= 15 is 0 Å². The van der Waals surface area contributed by atoms with Crippen LogP contribution >= 0.6 is 0 Å². The number of hydrogen-bond acceptors (Lipinski definition) is 4. The van der Waals surface area contributed by atoms with Crippen LogP contribution in [-0.2, 0) is 19.2 Å². The molecule has 1 aliphatic rings. The van der Waals surface area contributed by atoms with E-state index in [2.05, 4.69) is 18.5 Å². The molecule has 1 heterocycles. The summed E-state index contributed by atoms with van der Waals surface area (Å²) >= 11 is 0. The summed E-state index contributed by atoms with van der Waals surface area (Å²) in [6.45, 7) is 7.02. The molecule has 1 unspecified atom stereocenters. The number of likely N-dealkylation sites (N-methyl/N-ethyl adjacent to an activating group) is 1. The highest BCUT2D eigenvalue weighted by Gasteiger charge is 2.43. The fourth-order valence-electron chi connectivity index (χ4n) is 1.95. The maximum atomic E-state index is 12.2. The Morgan fingerprint density at radius 1 is 1.40 bits per heavy atom. The third-order valence-corrected chi connectivity index (χ3v) is 2.95. The zero-order chi connectivity index (χ0) is 15.3. The van der Waals surface area contributed by atoms with E-state index in [1.165, 1.54) is 19.2 Å². The Morgan fingerprint density at radius 3 is 2.55 bits per heavy atom. The third kappa shape index (κ3) is 2.74. The summed E-state index contributed by atoms with van der Waals surface area (Å²) < 4.78 is 0. The van der Waals surface area contributed by atoms with Crippen LogP contribution in [-0.4, -0.2) is 42.0 Å². The number of nitrogens with one attached hydrogen (secondary N) is 1. The van der Waals surface area contributed by atoms with Gasteiger partial charge in [-0.1, -0.05) is 19.2 Å². The highest BCUT2D eigenvalue weighted by atomic mass is 16.2. The van der Waals surface area contributed by atoms with Crippen LogP contribution in [0.5, 0.6) is 0 Å². The second kappa shape index (κ2) is 6.60. The van der Waals surface area contributed by atoms with Crippen LogP contribution in [0.15, 0.2) is 36.5 Å². The summed E-state index contributed by atoms with van der Waals surface area (Å²) in [7, 11) is 1.40. The number of imide groups is 1. The lowest BCUT2D eigenvalue weighted by Crippen LogP contribution is -2.48. The van der Waals surface area contributed by atoms with E-state index in [4.69, 9.17) is 0 Å². The molecule has 1 rings (SSSR count). The number of allylic oxidation sites excluding steroid dienone is 2. The monoisotopic (exact) mass is 276 g/mol. The van der Waals surface area contributed by atoms with Gasteiger partial charge in [0, 0.05) is 19.0 Å². The van der Waals surface area contributed by atoms with Crippen molar-refractivity contribution < 1.29 is 19.2 Å². The van der Waals surface area contributed by atoms with Crippen molar-refractivity contribution in [1.29, 1.82) is 0 Å². The van der Waals surface area contributed by atoms with Gasteiger partial charge in [0.1, 0.15) is 12.3 Å². The minimum atomic E-state index is -1.02. The molecular weight excluding hydrogens is 260 g/mol. The standard InChI is InChI=1S/C14H16N2O4/c1-4-6-10-9(2)13(19)16(14(10)20)11(7-5-8-17)12(18)15-3/h4,6,8,11H,1-2,5,7H2,3H3,(H,15,18).